The minimum absolute atomic E-state index is 0.0332. The number of carbonyl (C=O) groups is 2. The first-order valence-corrected chi connectivity index (χ1v) is 10.7. The summed E-state index contributed by atoms with van der Waals surface area (Å²) in [5, 5.41) is 10.9. The molecule has 162 valence electrons. The minimum atomic E-state index is -0.415. The molecule has 9 heteroatoms. The first-order valence-electron chi connectivity index (χ1n) is 9.83. The Kier molecular flexibility index (Phi) is 6.37. The first-order chi connectivity index (χ1) is 15.5. The first kappa shape index (κ1) is 21.4. The summed E-state index contributed by atoms with van der Waals surface area (Å²) in [5.74, 6) is 0.290. The lowest BCUT2D eigenvalue weighted by atomic mass is 10.2. The van der Waals surface area contributed by atoms with Crippen LogP contribution >= 0.6 is 11.8 Å². The molecule has 0 aliphatic carbocycles. The molecule has 4 rings (SSSR count). The third-order valence-electron chi connectivity index (χ3n) is 4.87. The largest absolute Gasteiger partial charge is 0.492 e. The lowest BCUT2D eigenvalue weighted by Crippen LogP contribution is -2.32. The Labute approximate surface area is 188 Å². The fourth-order valence-electron chi connectivity index (χ4n) is 3.31. The summed E-state index contributed by atoms with van der Waals surface area (Å²) in [5.41, 5.74) is 1.26. The van der Waals surface area contributed by atoms with Gasteiger partial charge in [0.25, 0.3) is 16.8 Å². The van der Waals surface area contributed by atoms with Crippen LogP contribution in [0, 0.1) is 10.1 Å². The number of ether oxygens (including phenoxy) is 1. The second-order valence-corrected chi connectivity index (χ2v) is 7.93. The summed E-state index contributed by atoms with van der Waals surface area (Å²) >= 11 is 0.871. The molecule has 0 radical (unpaired) electrons. The number of rotatable bonds is 8. The van der Waals surface area contributed by atoms with Gasteiger partial charge in [0.2, 0.25) is 0 Å². The molecule has 3 aromatic rings. The van der Waals surface area contributed by atoms with Crippen LogP contribution in [0.2, 0.25) is 0 Å². The van der Waals surface area contributed by atoms with Gasteiger partial charge in [-0.2, -0.15) is 0 Å². The van der Waals surface area contributed by atoms with Gasteiger partial charge in [-0.3, -0.25) is 24.6 Å². The molecule has 2 aromatic carbocycles. The molecule has 0 atom stereocenters. The number of carbonyl (C=O) groups excluding carboxylic acids is 2. The zero-order valence-electron chi connectivity index (χ0n) is 16.9. The molecule has 2 heterocycles. The lowest BCUT2D eigenvalue weighted by Gasteiger charge is -2.13. The van der Waals surface area contributed by atoms with E-state index in [2.05, 4.69) is 0 Å². The summed E-state index contributed by atoms with van der Waals surface area (Å²) in [4.78, 5) is 37.4. The van der Waals surface area contributed by atoms with Gasteiger partial charge in [0, 0.05) is 23.5 Å². The molecule has 0 spiro atoms. The molecule has 8 nitrogen and oxygen atoms in total. The normalized spacial score (nSPS) is 14.9. The molecule has 0 saturated carbocycles. The Hall–Kier alpha value is -3.85. The number of para-hydroxylation sites is 2. The van der Waals surface area contributed by atoms with Crippen molar-refractivity contribution in [2.75, 3.05) is 13.2 Å². The maximum absolute atomic E-state index is 12.8. The standard InChI is InChI=1S/C23H19N3O5S/c27-22-21(32-23(28)25(22)13-14-31-19-9-2-1-3-10-19)15-18-8-6-12-24(18)16-17-7-4-5-11-20(17)26(29)30/h1-12,15H,13-14,16H2/b21-15-. The van der Waals surface area contributed by atoms with E-state index in [0.717, 1.165) is 16.7 Å². The van der Waals surface area contributed by atoms with Gasteiger partial charge in [0.05, 0.1) is 22.9 Å². The van der Waals surface area contributed by atoms with Crippen LogP contribution in [0.4, 0.5) is 10.5 Å². The highest BCUT2D eigenvalue weighted by Gasteiger charge is 2.35. The van der Waals surface area contributed by atoms with Gasteiger partial charge in [-0.15, -0.1) is 0 Å². The Morgan fingerprint density at radius 2 is 1.75 bits per heavy atom. The van der Waals surface area contributed by atoms with Crippen LogP contribution in [-0.2, 0) is 11.3 Å². The average molecular weight is 449 g/mol. The van der Waals surface area contributed by atoms with Crippen molar-refractivity contribution in [2.24, 2.45) is 0 Å². The van der Waals surface area contributed by atoms with Crippen molar-refractivity contribution in [3.8, 4) is 5.75 Å². The summed E-state index contributed by atoms with van der Waals surface area (Å²) in [6.07, 6.45) is 3.41. The SMILES string of the molecule is O=C1S/C(=C\c2cccn2Cc2ccccc2[N+](=O)[O-])C(=O)N1CCOc1ccccc1. The molecule has 1 saturated heterocycles. The molecule has 1 aromatic heterocycles. The highest BCUT2D eigenvalue weighted by Crippen LogP contribution is 2.32. The predicted octanol–water partition coefficient (Wildman–Crippen LogP) is 4.56. The quantitative estimate of drug-likeness (QED) is 0.284. The third kappa shape index (κ3) is 4.73. The summed E-state index contributed by atoms with van der Waals surface area (Å²) < 4.78 is 7.39. The molecular weight excluding hydrogens is 430 g/mol. The number of amides is 2. The average Bonchev–Trinajstić information content (AvgIpc) is 3.33. The second-order valence-electron chi connectivity index (χ2n) is 6.94. The predicted molar refractivity (Wildman–Crippen MR) is 121 cm³/mol. The zero-order valence-corrected chi connectivity index (χ0v) is 17.7. The topological polar surface area (TPSA) is 94.7 Å². The van der Waals surface area contributed by atoms with Gasteiger partial charge in [0.1, 0.15) is 12.4 Å². The smallest absolute Gasteiger partial charge is 0.293 e. The Morgan fingerprint density at radius 3 is 2.53 bits per heavy atom. The van der Waals surface area contributed by atoms with Crippen LogP contribution in [0.25, 0.3) is 6.08 Å². The van der Waals surface area contributed by atoms with E-state index in [4.69, 9.17) is 4.74 Å². The third-order valence-corrected chi connectivity index (χ3v) is 5.78. The molecule has 1 aliphatic rings. The van der Waals surface area contributed by atoms with E-state index >= 15 is 0 Å². The molecule has 2 amide bonds. The number of nitro groups is 1. The van der Waals surface area contributed by atoms with Crippen molar-refractivity contribution in [3.63, 3.8) is 0 Å². The van der Waals surface area contributed by atoms with E-state index in [9.17, 15) is 19.7 Å². The Balaban J connectivity index is 1.46. The number of benzene rings is 2. The number of nitro benzene ring substituents is 1. The van der Waals surface area contributed by atoms with Crippen molar-refractivity contribution in [3.05, 3.63) is 99.2 Å². The number of thioether (sulfide) groups is 1. The zero-order chi connectivity index (χ0) is 22.5. The van der Waals surface area contributed by atoms with Crippen molar-refractivity contribution in [1.82, 2.24) is 9.47 Å². The molecule has 0 N–H and O–H groups in total. The maximum Gasteiger partial charge on any atom is 0.293 e. The van der Waals surface area contributed by atoms with Crippen LogP contribution in [0.5, 0.6) is 5.75 Å². The number of hydrogen-bond donors (Lipinski definition) is 0. The van der Waals surface area contributed by atoms with Crippen LogP contribution in [0.3, 0.4) is 0 Å². The fraction of sp³-hybridized carbons (Fsp3) is 0.130. The van der Waals surface area contributed by atoms with E-state index in [-0.39, 0.29) is 36.5 Å². The minimum Gasteiger partial charge on any atom is -0.492 e. The van der Waals surface area contributed by atoms with E-state index in [1.165, 1.54) is 6.07 Å². The maximum atomic E-state index is 12.8. The van der Waals surface area contributed by atoms with Crippen LogP contribution < -0.4 is 4.74 Å². The second kappa shape index (κ2) is 9.52. The molecular formula is C23H19N3O5S. The van der Waals surface area contributed by atoms with E-state index < -0.39 is 4.92 Å². The van der Waals surface area contributed by atoms with Gasteiger partial charge in [-0.1, -0.05) is 36.4 Å². The summed E-state index contributed by atoms with van der Waals surface area (Å²) in [7, 11) is 0. The highest BCUT2D eigenvalue weighted by atomic mass is 32.2. The molecule has 32 heavy (non-hydrogen) atoms. The Morgan fingerprint density at radius 1 is 1.00 bits per heavy atom. The lowest BCUT2D eigenvalue weighted by molar-refractivity contribution is -0.385. The Bertz CT molecular complexity index is 1190. The molecule has 0 bridgehead atoms. The van der Waals surface area contributed by atoms with Gasteiger partial charge in [-0.05, 0) is 42.1 Å². The van der Waals surface area contributed by atoms with Gasteiger partial charge in [-0.25, -0.2) is 0 Å². The summed E-state index contributed by atoms with van der Waals surface area (Å²) in [6.45, 7) is 0.613. The van der Waals surface area contributed by atoms with Gasteiger partial charge < -0.3 is 9.30 Å². The van der Waals surface area contributed by atoms with Crippen LogP contribution in [0.1, 0.15) is 11.3 Å². The summed E-state index contributed by atoms with van der Waals surface area (Å²) in [6, 6.07) is 19.3. The van der Waals surface area contributed by atoms with E-state index in [1.54, 1.807) is 59.3 Å². The van der Waals surface area contributed by atoms with Crippen molar-refractivity contribution >= 4 is 34.7 Å². The number of imide groups is 1. The van der Waals surface area contributed by atoms with Crippen molar-refractivity contribution < 1.29 is 19.2 Å². The van der Waals surface area contributed by atoms with Crippen LogP contribution in [0.15, 0.2) is 77.8 Å². The molecule has 0 unspecified atom stereocenters. The molecule has 1 fully saturated rings. The number of hydrogen-bond acceptors (Lipinski definition) is 6. The monoisotopic (exact) mass is 449 g/mol. The van der Waals surface area contributed by atoms with Gasteiger partial charge >= 0.3 is 0 Å². The van der Waals surface area contributed by atoms with Crippen LogP contribution in [-0.4, -0.2) is 38.7 Å². The molecule has 1 aliphatic heterocycles. The number of aromatic nitrogens is 1. The van der Waals surface area contributed by atoms with E-state index in [0.29, 0.717) is 21.9 Å². The van der Waals surface area contributed by atoms with E-state index in [1.807, 2.05) is 18.2 Å². The number of nitrogens with zero attached hydrogens (tertiary/aromatic N) is 3. The fourth-order valence-corrected chi connectivity index (χ4v) is 4.16. The van der Waals surface area contributed by atoms with Crippen molar-refractivity contribution in [2.45, 2.75) is 6.54 Å². The highest BCUT2D eigenvalue weighted by molar-refractivity contribution is 8.18. The van der Waals surface area contributed by atoms with Crippen molar-refractivity contribution in [1.29, 1.82) is 0 Å². The van der Waals surface area contributed by atoms with Gasteiger partial charge in [0.15, 0.2) is 0 Å².